The molecule has 0 aromatic heterocycles. The smallest absolute Gasteiger partial charge is 0.325 e. The maximum Gasteiger partial charge on any atom is 0.325 e. The summed E-state index contributed by atoms with van der Waals surface area (Å²) in [5, 5.41) is 0. The third-order valence-corrected chi connectivity index (χ3v) is 5.40. The molecule has 0 unspecified atom stereocenters. The standard InChI is InChI=1S/C25H39F2NO3/c1-3-4-5-6-7-8-9-10-11-12-13-14-15-19-31-23(29)20-28(2)25(30)24-21(26)17-16-18-22(24)27/h16-18H,3-15,19-20H2,1-2H3. The SMILES string of the molecule is CCCCCCCCCCCCCCCOC(=O)CN(C)C(=O)c1c(F)cccc1F. The van der Waals surface area contributed by atoms with E-state index < -0.39 is 29.1 Å². The first kappa shape index (κ1) is 27.1. The van der Waals surface area contributed by atoms with Gasteiger partial charge in [0.2, 0.25) is 0 Å². The average molecular weight is 440 g/mol. The monoisotopic (exact) mass is 439 g/mol. The molecular weight excluding hydrogens is 400 g/mol. The summed E-state index contributed by atoms with van der Waals surface area (Å²) >= 11 is 0. The van der Waals surface area contributed by atoms with Crippen molar-refractivity contribution in [3.63, 3.8) is 0 Å². The summed E-state index contributed by atoms with van der Waals surface area (Å²) < 4.78 is 32.5. The molecule has 0 aliphatic heterocycles. The number of benzene rings is 1. The van der Waals surface area contributed by atoms with E-state index in [9.17, 15) is 18.4 Å². The Labute approximate surface area is 186 Å². The fourth-order valence-corrected chi connectivity index (χ4v) is 3.51. The lowest BCUT2D eigenvalue weighted by Gasteiger charge is -2.17. The van der Waals surface area contributed by atoms with Gasteiger partial charge in [-0.2, -0.15) is 0 Å². The summed E-state index contributed by atoms with van der Waals surface area (Å²) in [5.74, 6) is -3.35. The van der Waals surface area contributed by atoms with Crippen molar-refractivity contribution >= 4 is 11.9 Å². The second kappa shape index (κ2) is 16.7. The highest BCUT2D eigenvalue weighted by Crippen LogP contribution is 2.15. The molecule has 0 bridgehead atoms. The number of carbonyl (C=O) groups is 2. The average Bonchev–Trinajstić information content (AvgIpc) is 2.73. The van der Waals surface area contributed by atoms with Crippen molar-refractivity contribution in [1.82, 2.24) is 4.90 Å². The van der Waals surface area contributed by atoms with Crippen molar-refractivity contribution in [3.8, 4) is 0 Å². The third-order valence-electron chi connectivity index (χ3n) is 5.40. The van der Waals surface area contributed by atoms with Crippen LogP contribution in [0.25, 0.3) is 0 Å². The lowest BCUT2D eigenvalue weighted by molar-refractivity contribution is -0.144. The van der Waals surface area contributed by atoms with Gasteiger partial charge in [-0.05, 0) is 18.6 Å². The first-order chi connectivity index (χ1) is 15.0. The van der Waals surface area contributed by atoms with Crippen molar-refractivity contribution in [3.05, 3.63) is 35.4 Å². The van der Waals surface area contributed by atoms with Gasteiger partial charge in [-0.3, -0.25) is 9.59 Å². The Morgan fingerprint density at radius 3 is 1.74 bits per heavy atom. The number of rotatable bonds is 17. The number of carbonyl (C=O) groups excluding carboxylic acids is 2. The molecule has 0 aliphatic carbocycles. The molecule has 0 fully saturated rings. The molecule has 31 heavy (non-hydrogen) atoms. The normalized spacial score (nSPS) is 10.8. The zero-order valence-electron chi connectivity index (χ0n) is 19.3. The van der Waals surface area contributed by atoms with Gasteiger partial charge in [-0.25, -0.2) is 8.78 Å². The van der Waals surface area contributed by atoms with E-state index in [4.69, 9.17) is 4.74 Å². The van der Waals surface area contributed by atoms with Crippen molar-refractivity contribution < 1.29 is 23.1 Å². The number of esters is 1. The molecule has 0 radical (unpaired) electrons. The summed E-state index contributed by atoms with van der Waals surface area (Å²) in [7, 11) is 1.32. The molecule has 1 rings (SSSR count). The van der Waals surface area contributed by atoms with Crippen LogP contribution in [0.1, 0.15) is 101 Å². The molecule has 6 heteroatoms. The molecule has 0 saturated heterocycles. The summed E-state index contributed by atoms with van der Waals surface area (Å²) in [4.78, 5) is 25.0. The number of hydrogen-bond acceptors (Lipinski definition) is 3. The predicted octanol–water partition coefficient (Wildman–Crippen LogP) is 6.67. The molecule has 176 valence electrons. The highest BCUT2D eigenvalue weighted by atomic mass is 19.1. The Morgan fingerprint density at radius 2 is 1.26 bits per heavy atom. The predicted molar refractivity (Wildman–Crippen MR) is 120 cm³/mol. The van der Waals surface area contributed by atoms with Crippen molar-refractivity contribution in [2.24, 2.45) is 0 Å². The highest BCUT2D eigenvalue weighted by molar-refractivity contribution is 5.96. The van der Waals surface area contributed by atoms with E-state index in [0.29, 0.717) is 6.61 Å². The molecule has 0 N–H and O–H groups in total. The van der Waals surface area contributed by atoms with E-state index in [-0.39, 0.29) is 6.54 Å². The minimum absolute atomic E-state index is 0.298. The zero-order chi connectivity index (χ0) is 22.9. The second-order valence-corrected chi connectivity index (χ2v) is 8.22. The number of halogens is 2. The molecular formula is C25H39F2NO3. The molecule has 0 aliphatic rings. The molecule has 1 aromatic carbocycles. The number of likely N-dealkylation sites (N-methyl/N-ethyl adjacent to an activating group) is 1. The topological polar surface area (TPSA) is 46.6 Å². The Kier molecular flexibility index (Phi) is 14.6. The van der Waals surface area contributed by atoms with E-state index in [2.05, 4.69) is 6.92 Å². The molecule has 1 aromatic rings. The van der Waals surface area contributed by atoms with Gasteiger partial charge in [-0.15, -0.1) is 0 Å². The van der Waals surface area contributed by atoms with Crippen molar-refractivity contribution in [2.75, 3.05) is 20.2 Å². The molecule has 0 heterocycles. The van der Waals surface area contributed by atoms with Crippen LogP contribution in [0.4, 0.5) is 8.78 Å². The maximum atomic E-state index is 13.7. The lowest BCUT2D eigenvalue weighted by atomic mass is 10.0. The molecule has 0 spiro atoms. The fourth-order valence-electron chi connectivity index (χ4n) is 3.51. The van der Waals surface area contributed by atoms with Crippen LogP contribution in [0, 0.1) is 11.6 Å². The van der Waals surface area contributed by atoms with Gasteiger partial charge in [-0.1, -0.05) is 90.0 Å². The van der Waals surface area contributed by atoms with Gasteiger partial charge in [0.15, 0.2) is 0 Å². The first-order valence-corrected chi connectivity index (χ1v) is 11.8. The zero-order valence-corrected chi connectivity index (χ0v) is 19.3. The van der Waals surface area contributed by atoms with E-state index in [1.807, 2.05) is 0 Å². The molecule has 1 amide bonds. The van der Waals surface area contributed by atoms with Crippen LogP contribution in [0.3, 0.4) is 0 Å². The van der Waals surface area contributed by atoms with Crippen LogP contribution in [-0.2, 0) is 9.53 Å². The van der Waals surface area contributed by atoms with E-state index in [0.717, 1.165) is 36.3 Å². The third kappa shape index (κ3) is 11.8. The number of hydrogen-bond donors (Lipinski definition) is 0. The van der Waals surface area contributed by atoms with Gasteiger partial charge in [0, 0.05) is 7.05 Å². The lowest BCUT2D eigenvalue weighted by Crippen LogP contribution is -2.34. The maximum absolute atomic E-state index is 13.7. The molecule has 0 atom stereocenters. The number of unbranched alkanes of at least 4 members (excludes halogenated alkanes) is 12. The van der Waals surface area contributed by atoms with Gasteiger partial charge in [0.1, 0.15) is 23.7 Å². The summed E-state index contributed by atoms with van der Waals surface area (Å²) in [6.07, 6.45) is 16.1. The van der Waals surface area contributed by atoms with E-state index in [1.54, 1.807) is 0 Å². The Balaban J connectivity index is 2.03. The summed E-state index contributed by atoms with van der Waals surface area (Å²) in [5.41, 5.74) is -0.658. The Bertz CT molecular complexity index is 631. The van der Waals surface area contributed by atoms with E-state index >= 15 is 0 Å². The van der Waals surface area contributed by atoms with Crippen molar-refractivity contribution in [1.29, 1.82) is 0 Å². The molecule has 4 nitrogen and oxygen atoms in total. The largest absolute Gasteiger partial charge is 0.464 e. The second-order valence-electron chi connectivity index (χ2n) is 8.22. The first-order valence-electron chi connectivity index (χ1n) is 11.8. The van der Waals surface area contributed by atoms with Crippen LogP contribution in [-0.4, -0.2) is 37.0 Å². The van der Waals surface area contributed by atoms with E-state index in [1.165, 1.54) is 77.3 Å². The quantitative estimate of drug-likeness (QED) is 0.201. The van der Waals surface area contributed by atoms with Gasteiger partial charge < -0.3 is 9.64 Å². The van der Waals surface area contributed by atoms with Crippen molar-refractivity contribution in [2.45, 2.75) is 90.4 Å². The minimum atomic E-state index is -0.947. The number of amides is 1. The van der Waals surface area contributed by atoms with Crippen LogP contribution in [0.2, 0.25) is 0 Å². The van der Waals surface area contributed by atoms with Crippen LogP contribution in [0.5, 0.6) is 0 Å². The minimum Gasteiger partial charge on any atom is -0.464 e. The van der Waals surface area contributed by atoms with Gasteiger partial charge in [0.05, 0.1) is 6.61 Å². The fraction of sp³-hybridized carbons (Fsp3) is 0.680. The van der Waals surface area contributed by atoms with Gasteiger partial charge in [0.25, 0.3) is 5.91 Å². The molecule has 0 saturated carbocycles. The van der Waals surface area contributed by atoms with Crippen LogP contribution < -0.4 is 0 Å². The Hall–Kier alpha value is -1.98. The highest BCUT2D eigenvalue weighted by Gasteiger charge is 2.22. The Morgan fingerprint density at radius 1 is 0.806 bits per heavy atom. The van der Waals surface area contributed by atoms with Crippen LogP contribution in [0.15, 0.2) is 18.2 Å². The number of nitrogens with zero attached hydrogens (tertiary/aromatic N) is 1. The summed E-state index contributed by atoms with van der Waals surface area (Å²) in [6.45, 7) is 2.20. The van der Waals surface area contributed by atoms with Crippen LogP contribution >= 0.6 is 0 Å². The summed E-state index contributed by atoms with van der Waals surface area (Å²) in [6, 6.07) is 3.21. The van der Waals surface area contributed by atoms with Gasteiger partial charge >= 0.3 is 5.97 Å². The number of ether oxygens (including phenoxy) is 1.